The average Bonchev–Trinajstić information content (AvgIpc) is 2.74. The SMILES string of the molecule is O=C(NCc1ccccc1Cl)[C@H]1C[C@H](O)CN1. The Balaban J connectivity index is 1.86. The van der Waals surface area contributed by atoms with Gasteiger partial charge in [0.25, 0.3) is 0 Å². The van der Waals surface area contributed by atoms with E-state index in [0.717, 1.165) is 5.56 Å². The van der Waals surface area contributed by atoms with Crippen LogP contribution in [0.2, 0.25) is 5.02 Å². The zero-order chi connectivity index (χ0) is 12.3. The second kappa shape index (κ2) is 5.49. The van der Waals surface area contributed by atoms with E-state index in [1.165, 1.54) is 0 Å². The summed E-state index contributed by atoms with van der Waals surface area (Å²) in [6.45, 7) is 0.886. The first-order valence-corrected chi connectivity index (χ1v) is 5.97. The highest BCUT2D eigenvalue weighted by atomic mass is 35.5. The highest BCUT2D eigenvalue weighted by molar-refractivity contribution is 6.31. The Hall–Kier alpha value is -1.10. The summed E-state index contributed by atoms with van der Waals surface area (Å²) in [5, 5.41) is 15.7. The number of β-amino-alcohol motifs (C(OH)–C–C–N with tert-alkyl or cyclic N) is 1. The van der Waals surface area contributed by atoms with Gasteiger partial charge in [-0.2, -0.15) is 0 Å². The molecule has 0 radical (unpaired) electrons. The van der Waals surface area contributed by atoms with Gasteiger partial charge in [-0.3, -0.25) is 4.79 Å². The van der Waals surface area contributed by atoms with Crippen molar-refractivity contribution in [2.75, 3.05) is 6.54 Å². The van der Waals surface area contributed by atoms with Crippen LogP contribution in [0.15, 0.2) is 24.3 Å². The van der Waals surface area contributed by atoms with Crippen LogP contribution < -0.4 is 10.6 Å². The molecule has 92 valence electrons. The molecule has 1 fully saturated rings. The molecule has 1 aliphatic rings. The van der Waals surface area contributed by atoms with Gasteiger partial charge in [-0.25, -0.2) is 0 Å². The number of aliphatic hydroxyl groups excluding tert-OH is 1. The quantitative estimate of drug-likeness (QED) is 0.743. The zero-order valence-corrected chi connectivity index (χ0v) is 10.1. The van der Waals surface area contributed by atoms with Crippen LogP contribution in [0.4, 0.5) is 0 Å². The largest absolute Gasteiger partial charge is 0.392 e. The van der Waals surface area contributed by atoms with E-state index < -0.39 is 6.10 Å². The number of carbonyl (C=O) groups is 1. The summed E-state index contributed by atoms with van der Waals surface area (Å²) in [5.74, 6) is -0.0959. The Morgan fingerprint density at radius 1 is 1.53 bits per heavy atom. The lowest BCUT2D eigenvalue weighted by atomic mass is 10.2. The number of amides is 1. The van der Waals surface area contributed by atoms with Gasteiger partial charge < -0.3 is 15.7 Å². The molecule has 0 bridgehead atoms. The fraction of sp³-hybridized carbons (Fsp3) is 0.417. The van der Waals surface area contributed by atoms with Crippen molar-refractivity contribution < 1.29 is 9.90 Å². The van der Waals surface area contributed by atoms with Crippen LogP contribution in [-0.2, 0) is 11.3 Å². The topological polar surface area (TPSA) is 61.4 Å². The minimum Gasteiger partial charge on any atom is -0.392 e. The summed E-state index contributed by atoms with van der Waals surface area (Å²) in [6, 6.07) is 7.10. The highest BCUT2D eigenvalue weighted by Gasteiger charge is 2.27. The van der Waals surface area contributed by atoms with E-state index >= 15 is 0 Å². The van der Waals surface area contributed by atoms with Crippen molar-refractivity contribution in [3.05, 3.63) is 34.9 Å². The molecule has 0 aromatic heterocycles. The van der Waals surface area contributed by atoms with Gasteiger partial charge >= 0.3 is 0 Å². The molecular weight excluding hydrogens is 240 g/mol. The zero-order valence-electron chi connectivity index (χ0n) is 9.32. The number of nitrogens with one attached hydrogen (secondary N) is 2. The van der Waals surface area contributed by atoms with Gasteiger partial charge in [0, 0.05) is 18.1 Å². The van der Waals surface area contributed by atoms with Gasteiger partial charge in [-0.15, -0.1) is 0 Å². The van der Waals surface area contributed by atoms with E-state index in [-0.39, 0.29) is 11.9 Å². The van der Waals surface area contributed by atoms with E-state index in [9.17, 15) is 9.90 Å². The molecule has 1 aromatic carbocycles. The lowest BCUT2D eigenvalue weighted by Crippen LogP contribution is -2.40. The van der Waals surface area contributed by atoms with E-state index in [1.807, 2.05) is 18.2 Å². The lowest BCUT2D eigenvalue weighted by Gasteiger charge is -2.11. The number of hydrogen-bond donors (Lipinski definition) is 3. The molecule has 0 unspecified atom stereocenters. The molecule has 1 amide bonds. The van der Waals surface area contributed by atoms with Gasteiger partial charge in [0.2, 0.25) is 5.91 Å². The Bertz CT molecular complexity index is 411. The van der Waals surface area contributed by atoms with Crippen molar-refractivity contribution in [2.24, 2.45) is 0 Å². The van der Waals surface area contributed by atoms with Crippen molar-refractivity contribution in [1.29, 1.82) is 0 Å². The van der Waals surface area contributed by atoms with Crippen LogP contribution in [-0.4, -0.2) is 29.7 Å². The number of halogens is 1. The molecule has 2 rings (SSSR count). The average molecular weight is 255 g/mol. The molecule has 0 spiro atoms. The summed E-state index contributed by atoms with van der Waals surface area (Å²) < 4.78 is 0. The summed E-state index contributed by atoms with van der Waals surface area (Å²) in [6.07, 6.45) is 0.0417. The molecule has 1 heterocycles. The summed E-state index contributed by atoms with van der Waals surface area (Å²) >= 11 is 5.98. The van der Waals surface area contributed by atoms with E-state index in [2.05, 4.69) is 10.6 Å². The summed E-state index contributed by atoms with van der Waals surface area (Å²) in [4.78, 5) is 11.7. The first kappa shape index (κ1) is 12.4. The molecule has 1 aliphatic heterocycles. The normalized spacial score (nSPS) is 23.6. The maximum atomic E-state index is 11.7. The predicted molar refractivity (Wildman–Crippen MR) is 65.7 cm³/mol. The molecule has 0 saturated carbocycles. The van der Waals surface area contributed by atoms with Crippen molar-refractivity contribution in [2.45, 2.75) is 25.1 Å². The van der Waals surface area contributed by atoms with Crippen LogP contribution in [0, 0.1) is 0 Å². The fourth-order valence-corrected chi connectivity index (χ4v) is 2.07. The van der Waals surface area contributed by atoms with Crippen molar-refractivity contribution in [1.82, 2.24) is 10.6 Å². The summed E-state index contributed by atoms with van der Waals surface area (Å²) in [7, 11) is 0. The van der Waals surface area contributed by atoms with E-state index in [0.29, 0.717) is 24.5 Å². The third kappa shape index (κ3) is 3.19. The van der Waals surface area contributed by atoms with Crippen LogP contribution in [0.3, 0.4) is 0 Å². The highest BCUT2D eigenvalue weighted by Crippen LogP contribution is 2.14. The van der Waals surface area contributed by atoms with Crippen molar-refractivity contribution in [3.63, 3.8) is 0 Å². The van der Waals surface area contributed by atoms with Gasteiger partial charge in [0.05, 0.1) is 12.1 Å². The van der Waals surface area contributed by atoms with Crippen molar-refractivity contribution in [3.8, 4) is 0 Å². The minimum absolute atomic E-state index is 0.0959. The van der Waals surface area contributed by atoms with Crippen molar-refractivity contribution >= 4 is 17.5 Å². The first-order valence-electron chi connectivity index (χ1n) is 5.59. The third-order valence-electron chi connectivity index (χ3n) is 2.84. The molecular formula is C12H15ClN2O2. The van der Waals surface area contributed by atoms with Crippen LogP contribution in [0.25, 0.3) is 0 Å². The predicted octanol–water partition coefficient (Wildman–Crippen LogP) is 0.679. The van der Waals surface area contributed by atoms with Gasteiger partial charge in [0.1, 0.15) is 0 Å². The van der Waals surface area contributed by atoms with Gasteiger partial charge in [-0.1, -0.05) is 29.8 Å². The Labute approximate surface area is 105 Å². The van der Waals surface area contributed by atoms with Crippen LogP contribution in [0.1, 0.15) is 12.0 Å². The molecule has 3 N–H and O–H groups in total. The smallest absolute Gasteiger partial charge is 0.237 e. The number of hydrogen-bond acceptors (Lipinski definition) is 3. The fourth-order valence-electron chi connectivity index (χ4n) is 1.86. The molecule has 17 heavy (non-hydrogen) atoms. The van der Waals surface area contributed by atoms with Crippen LogP contribution in [0.5, 0.6) is 0 Å². The Morgan fingerprint density at radius 2 is 2.29 bits per heavy atom. The van der Waals surface area contributed by atoms with Crippen LogP contribution >= 0.6 is 11.6 Å². The molecule has 5 heteroatoms. The second-order valence-electron chi connectivity index (χ2n) is 4.16. The molecule has 4 nitrogen and oxygen atoms in total. The number of rotatable bonds is 3. The number of benzene rings is 1. The molecule has 1 saturated heterocycles. The Kier molecular flexibility index (Phi) is 3.99. The Morgan fingerprint density at radius 3 is 2.94 bits per heavy atom. The molecule has 0 aliphatic carbocycles. The molecule has 2 atom stereocenters. The number of carbonyl (C=O) groups excluding carboxylic acids is 1. The maximum Gasteiger partial charge on any atom is 0.237 e. The number of aliphatic hydroxyl groups is 1. The monoisotopic (exact) mass is 254 g/mol. The van der Waals surface area contributed by atoms with Gasteiger partial charge in [-0.05, 0) is 18.1 Å². The lowest BCUT2D eigenvalue weighted by molar-refractivity contribution is -0.123. The summed E-state index contributed by atoms with van der Waals surface area (Å²) in [5.41, 5.74) is 0.890. The van der Waals surface area contributed by atoms with E-state index in [1.54, 1.807) is 6.07 Å². The van der Waals surface area contributed by atoms with E-state index in [4.69, 9.17) is 11.6 Å². The minimum atomic E-state index is -0.425. The standard InChI is InChI=1S/C12H15ClN2O2/c13-10-4-2-1-3-8(10)6-15-12(17)11-5-9(16)7-14-11/h1-4,9,11,14,16H,5-7H2,(H,15,17)/t9-,11+/m0/s1. The second-order valence-corrected chi connectivity index (χ2v) is 4.57. The van der Waals surface area contributed by atoms with Gasteiger partial charge in [0.15, 0.2) is 0 Å². The first-order chi connectivity index (χ1) is 8.16. The maximum absolute atomic E-state index is 11.7. The molecule has 1 aromatic rings. The third-order valence-corrected chi connectivity index (χ3v) is 3.20.